The molecule has 1 aliphatic rings. The zero-order valence-corrected chi connectivity index (χ0v) is 12.1. The van der Waals surface area contributed by atoms with Crippen molar-refractivity contribution in [2.24, 2.45) is 5.92 Å². The first-order valence-corrected chi connectivity index (χ1v) is 8.28. The molecule has 1 aliphatic heterocycles. The minimum Gasteiger partial charge on any atom is -0.316 e. The minimum absolute atomic E-state index is 0.259. The van der Waals surface area contributed by atoms with Gasteiger partial charge < -0.3 is 5.32 Å². The lowest BCUT2D eigenvalue weighted by Gasteiger charge is -2.31. The van der Waals surface area contributed by atoms with E-state index in [1.807, 2.05) is 0 Å². The molecule has 6 nitrogen and oxygen atoms in total. The molecule has 1 unspecified atom stereocenters. The summed E-state index contributed by atoms with van der Waals surface area (Å²) in [6.45, 7) is 5.22. The fourth-order valence-electron chi connectivity index (χ4n) is 2.42. The smallest absolute Gasteiger partial charge is 0.246 e. The Morgan fingerprint density at radius 1 is 1.58 bits per heavy atom. The Labute approximate surface area is 114 Å². The van der Waals surface area contributed by atoms with E-state index >= 15 is 0 Å². The molecule has 2 heterocycles. The van der Waals surface area contributed by atoms with Crippen LogP contribution in [0, 0.1) is 5.92 Å². The average Bonchev–Trinajstić information content (AvgIpc) is 2.94. The molecule has 1 fully saturated rings. The Hall–Kier alpha value is -0.920. The second-order valence-corrected chi connectivity index (χ2v) is 6.95. The van der Waals surface area contributed by atoms with Crippen LogP contribution in [0.3, 0.4) is 0 Å². The minimum atomic E-state index is -3.37. The number of hydrogen-bond donors (Lipinski definition) is 2. The molecule has 0 saturated carbocycles. The van der Waals surface area contributed by atoms with Crippen molar-refractivity contribution >= 4 is 10.0 Å². The molecule has 0 radical (unpaired) electrons. The molecule has 19 heavy (non-hydrogen) atoms. The molecule has 7 heteroatoms. The molecule has 1 aromatic rings. The lowest BCUT2D eigenvalue weighted by atomic mass is 10.00. The molecular formula is C12H22N4O2S. The van der Waals surface area contributed by atoms with Crippen LogP contribution >= 0.6 is 0 Å². The number of piperidine rings is 1. The van der Waals surface area contributed by atoms with Crippen LogP contribution < -0.4 is 5.32 Å². The van der Waals surface area contributed by atoms with Crippen LogP contribution in [-0.2, 0) is 10.0 Å². The van der Waals surface area contributed by atoms with E-state index < -0.39 is 10.0 Å². The second kappa shape index (κ2) is 6.49. The normalized spacial score (nSPS) is 21.6. The topological polar surface area (TPSA) is 78.1 Å². The van der Waals surface area contributed by atoms with Gasteiger partial charge in [-0.05, 0) is 38.3 Å². The van der Waals surface area contributed by atoms with Crippen molar-refractivity contribution in [3.05, 3.63) is 12.4 Å². The Morgan fingerprint density at radius 2 is 2.42 bits per heavy atom. The molecule has 108 valence electrons. The number of aromatic amines is 1. The third-order valence-corrected chi connectivity index (χ3v) is 5.28. The van der Waals surface area contributed by atoms with Crippen molar-refractivity contribution in [3.63, 3.8) is 0 Å². The SMILES string of the molecule is CCCNCC1CCCN(S(=O)(=O)c2cn[nH]c2)C1. The van der Waals surface area contributed by atoms with Crippen LogP contribution in [0.25, 0.3) is 0 Å². The number of rotatable bonds is 6. The van der Waals surface area contributed by atoms with Gasteiger partial charge in [-0.2, -0.15) is 9.40 Å². The molecule has 1 aromatic heterocycles. The highest BCUT2D eigenvalue weighted by molar-refractivity contribution is 7.89. The number of aromatic nitrogens is 2. The first-order chi connectivity index (χ1) is 9.14. The zero-order chi connectivity index (χ0) is 13.7. The summed E-state index contributed by atoms with van der Waals surface area (Å²) in [6, 6.07) is 0. The van der Waals surface area contributed by atoms with Crippen LogP contribution in [0.4, 0.5) is 0 Å². The summed E-state index contributed by atoms with van der Waals surface area (Å²) in [5.41, 5.74) is 0. The molecule has 0 spiro atoms. The Balaban J connectivity index is 1.97. The molecular weight excluding hydrogens is 264 g/mol. The maximum atomic E-state index is 12.4. The summed E-state index contributed by atoms with van der Waals surface area (Å²) in [7, 11) is -3.37. The van der Waals surface area contributed by atoms with Crippen molar-refractivity contribution in [1.29, 1.82) is 0 Å². The molecule has 1 saturated heterocycles. The van der Waals surface area contributed by atoms with Gasteiger partial charge in [0, 0.05) is 19.3 Å². The summed E-state index contributed by atoms with van der Waals surface area (Å²) in [6.07, 6.45) is 5.93. The summed E-state index contributed by atoms with van der Waals surface area (Å²) < 4.78 is 26.3. The highest BCUT2D eigenvalue weighted by Crippen LogP contribution is 2.22. The highest BCUT2D eigenvalue weighted by Gasteiger charge is 2.30. The number of nitrogens with zero attached hydrogens (tertiary/aromatic N) is 2. The van der Waals surface area contributed by atoms with Crippen molar-refractivity contribution in [2.45, 2.75) is 31.1 Å². The molecule has 0 aliphatic carbocycles. The fourth-order valence-corrected chi connectivity index (χ4v) is 3.89. The van der Waals surface area contributed by atoms with Crippen LogP contribution in [-0.4, -0.2) is 49.1 Å². The molecule has 0 bridgehead atoms. The molecule has 0 aromatic carbocycles. The molecule has 1 atom stereocenters. The van der Waals surface area contributed by atoms with Crippen LogP contribution in [0.1, 0.15) is 26.2 Å². The lowest BCUT2D eigenvalue weighted by Crippen LogP contribution is -2.42. The Kier molecular flexibility index (Phi) is 4.95. The van der Waals surface area contributed by atoms with Gasteiger partial charge in [-0.3, -0.25) is 5.10 Å². The number of nitrogens with one attached hydrogen (secondary N) is 2. The highest BCUT2D eigenvalue weighted by atomic mass is 32.2. The second-order valence-electron chi connectivity index (χ2n) is 5.01. The van der Waals surface area contributed by atoms with Gasteiger partial charge in [-0.15, -0.1) is 0 Å². The number of sulfonamides is 1. The van der Waals surface area contributed by atoms with Crippen molar-refractivity contribution in [1.82, 2.24) is 19.8 Å². The monoisotopic (exact) mass is 286 g/mol. The number of H-pyrrole nitrogens is 1. The number of hydrogen-bond acceptors (Lipinski definition) is 4. The Morgan fingerprint density at radius 3 is 3.11 bits per heavy atom. The maximum absolute atomic E-state index is 12.4. The predicted molar refractivity (Wildman–Crippen MR) is 73.2 cm³/mol. The van der Waals surface area contributed by atoms with Gasteiger partial charge >= 0.3 is 0 Å². The first-order valence-electron chi connectivity index (χ1n) is 6.84. The summed E-state index contributed by atoms with van der Waals surface area (Å²) in [5, 5.41) is 9.65. The van der Waals surface area contributed by atoms with Crippen LogP contribution in [0.15, 0.2) is 17.3 Å². The van der Waals surface area contributed by atoms with Gasteiger partial charge in [-0.25, -0.2) is 8.42 Å². The zero-order valence-electron chi connectivity index (χ0n) is 11.3. The lowest BCUT2D eigenvalue weighted by molar-refractivity contribution is 0.260. The van der Waals surface area contributed by atoms with Crippen LogP contribution in [0.2, 0.25) is 0 Å². The van der Waals surface area contributed by atoms with E-state index in [0.717, 1.165) is 32.4 Å². The fraction of sp³-hybridized carbons (Fsp3) is 0.750. The van der Waals surface area contributed by atoms with E-state index in [-0.39, 0.29) is 4.90 Å². The van der Waals surface area contributed by atoms with Crippen molar-refractivity contribution in [3.8, 4) is 0 Å². The van der Waals surface area contributed by atoms with Crippen molar-refractivity contribution < 1.29 is 8.42 Å². The van der Waals surface area contributed by atoms with Gasteiger partial charge in [-0.1, -0.05) is 6.92 Å². The quantitative estimate of drug-likeness (QED) is 0.759. The summed E-state index contributed by atoms with van der Waals surface area (Å²) in [4.78, 5) is 0.259. The summed E-state index contributed by atoms with van der Waals surface area (Å²) >= 11 is 0. The van der Waals surface area contributed by atoms with Gasteiger partial charge in [0.05, 0.1) is 6.20 Å². The van der Waals surface area contributed by atoms with Gasteiger partial charge in [0.2, 0.25) is 10.0 Å². The van der Waals surface area contributed by atoms with Crippen molar-refractivity contribution in [2.75, 3.05) is 26.2 Å². The van der Waals surface area contributed by atoms with Gasteiger partial charge in [0.1, 0.15) is 4.90 Å². The largest absolute Gasteiger partial charge is 0.316 e. The molecule has 2 rings (SSSR count). The van der Waals surface area contributed by atoms with Crippen LogP contribution in [0.5, 0.6) is 0 Å². The molecule has 2 N–H and O–H groups in total. The average molecular weight is 286 g/mol. The van der Waals surface area contributed by atoms with E-state index in [1.165, 1.54) is 12.4 Å². The van der Waals surface area contributed by atoms with E-state index in [9.17, 15) is 8.42 Å². The standard InChI is InChI=1S/C12H22N4O2S/c1-2-5-13-7-11-4-3-6-16(10-11)19(17,18)12-8-14-15-9-12/h8-9,11,13H,2-7,10H2,1H3,(H,14,15). The Bertz CT molecular complexity index is 472. The van der Waals surface area contributed by atoms with Gasteiger partial charge in [0.25, 0.3) is 0 Å². The maximum Gasteiger partial charge on any atom is 0.246 e. The van der Waals surface area contributed by atoms with E-state index in [2.05, 4.69) is 22.4 Å². The van der Waals surface area contributed by atoms with E-state index in [0.29, 0.717) is 19.0 Å². The summed E-state index contributed by atoms with van der Waals surface area (Å²) in [5.74, 6) is 0.405. The molecule has 0 amide bonds. The third kappa shape index (κ3) is 3.55. The van der Waals surface area contributed by atoms with E-state index in [1.54, 1.807) is 4.31 Å². The first kappa shape index (κ1) is 14.5. The van der Waals surface area contributed by atoms with E-state index in [4.69, 9.17) is 0 Å². The third-order valence-electron chi connectivity index (χ3n) is 3.45. The van der Waals surface area contributed by atoms with Gasteiger partial charge in [0.15, 0.2) is 0 Å². The predicted octanol–water partition coefficient (Wildman–Crippen LogP) is 0.810.